The van der Waals surface area contributed by atoms with Crippen molar-refractivity contribution in [3.63, 3.8) is 0 Å². The predicted molar refractivity (Wildman–Crippen MR) is 79.3 cm³/mol. The second kappa shape index (κ2) is 5.56. The average Bonchev–Trinajstić information content (AvgIpc) is 2.77. The fourth-order valence-electron chi connectivity index (χ4n) is 2.54. The van der Waals surface area contributed by atoms with Gasteiger partial charge in [-0.2, -0.15) is 0 Å². The van der Waals surface area contributed by atoms with Gasteiger partial charge in [0.1, 0.15) is 6.04 Å². The maximum atomic E-state index is 12.4. The molecule has 0 fully saturated rings. The number of hydrogen-bond donors (Lipinski definition) is 2. The smallest absolute Gasteiger partial charge is 0.326 e. The van der Waals surface area contributed by atoms with E-state index in [1.165, 1.54) is 11.3 Å². The van der Waals surface area contributed by atoms with Gasteiger partial charge in [0.2, 0.25) is 0 Å². The molecule has 1 unspecified atom stereocenters. The van der Waals surface area contributed by atoms with Crippen LogP contribution in [0.15, 0.2) is 5.38 Å². The summed E-state index contributed by atoms with van der Waals surface area (Å²) in [4.78, 5) is 25.0. The summed E-state index contributed by atoms with van der Waals surface area (Å²) in [6, 6.07) is -0.880. The van der Waals surface area contributed by atoms with Crippen LogP contribution >= 0.6 is 11.3 Å². The maximum absolute atomic E-state index is 12.4. The van der Waals surface area contributed by atoms with Gasteiger partial charge in [-0.1, -0.05) is 20.8 Å². The van der Waals surface area contributed by atoms with Crippen LogP contribution in [0.4, 0.5) is 0 Å². The molecule has 2 N–H and O–H groups in total. The number of nitrogens with one attached hydrogen (secondary N) is 1. The lowest BCUT2D eigenvalue weighted by atomic mass is 9.86. The van der Waals surface area contributed by atoms with Crippen molar-refractivity contribution >= 4 is 23.2 Å². The van der Waals surface area contributed by atoms with Gasteiger partial charge in [0, 0.05) is 10.3 Å². The number of carbonyl (C=O) groups excluding carboxylic acids is 1. The predicted octanol–water partition coefficient (Wildman–Crippen LogP) is 2.86. The third kappa shape index (κ3) is 3.03. The number of fused-ring (bicyclic) bond motifs is 1. The largest absolute Gasteiger partial charge is 0.480 e. The molecule has 0 saturated heterocycles. The van der Waals surface area contributed by atoms with Crippen LogP contribution in [0.1, 0.15) is 54.4 Å². The first-order chi connectivity index (χ1) is 9.30. The Labute approximate surface area is 123 Å². The Morgan fingerprint density at radius 2 is 1.95 bits per heavy atom. The van der Waals surface area contributed by atoms with E-state index in [1.54, 1.807) is 11.3 Å². The van der Waals surface area contributed by atoms with Crippen LogP contribution in [-0.4, -0.2) is 23.0 Å². The van der Waals surface area contributed by atoms with Crippen molar-refractivity contribution in [1.29, 1.82) is 0 Å². The van der Waals surface area contributed by atoms with Crippen LogP contribution in [0.25, 0.3) is 0 Å². The number of carbonyl (C=O) groups is 2. The van der Waals surface area contributed by atoms with Gasteiger partial charge in [-0.15, -0.1) is 11.3 Å². The Morgan fingerprint density at radius 3 is 2.55 bits per heavy atom. The van der Waals surface area contributed by atoms with E-state index in [4.69, 9.17) is 0 Å². The highest BCUT2D eigenvalue weighted by Gasteiger charge is 2.33. The highest BCUT2D eigenvalue weighted by molar-refractivity contribution is 7.10. The second-order valence-electron chi connectivity index (χ2n) is 6.37. The maximum Gasteiger partial charge on any atom is 0.326 e. The fourth-order valence-corrected chi connectivity index (χ4v) is 3.67. The van der Waals surface area contributed by atoms with E-state index in [0.717, 1.165) is 24.8 Å². The minimum absolute atomic E-state index is 0.258. The highest BCUT2D eigenvalue weighted by atomic mass is 32.1. The Bertz CT molecular complexity index is 528. The molecule has 2 rings (SSSR count). The summed E-state index contributed by atoms with van der Waals surface area (Å²) < 4.78 is 0. The molecule has 0 aromatic carbocycles. The second-order valence-corrected chi connectivity index (χ2v) is 7.33. The Morgan fingerprint density at radius 1 is 1.30 bits per heavy atom. The van der Waals surface area contributed by atoms with Gasteiger partial charge in [0.05, 0.1) is 5.56 Å². The zero-order valence-corrected chi connectivity index (χ0v) is 13.0. The number of amides is 1. The molecular formula is C15H21NO3S. The zero-order chi connectivity index (χ0) is 14.9. The first-order valence-corrected chi connectivity index (χ1v) is 7.81. The topological polar surface area (TPSA) is 66.4 Å². The molecule has 4 nitrogen and oxygen atoms in total. The van der Waals surface area contributed by atoms with Crippen LogP contribution in [0.3, 0.4) is 0 Å². The van der Waals surface area contributed by atoms with Gasteiger partial charge in [-0.25, -0.2) is 4.79 Å². The van der Waals surface area contributed by atoms with Gasteiger partial charge in [0.25, 0.3) is 5.91 Å². The molecule has 1 aliphatic carbocycles. The number of hydrogen-bond acceptors (Lipinski definition) is 3. The fraction of sp³-hybridized carbons (Fsp3) is 0.600. The van der Waals surface area contributed by atoms with Crippen molar-refractivity contribution in [2.75, 3.05) is 0 Å². The molecule has 1 aromatic heterocycles. The number of thiophene rings is 1. The van der Waals surface area contributed by atoms with Gasteiger partial charge in [-0.3, -0.25) is 4.79 Å². The monoisotopic (exact) mass is 295 g/mol. The van der Waals surface area contributed by atoms with Gasteiger partial charge < -0.3 is 10.4 Å². The zero-order valence-electron chi connectivity index (χ0n) is 12.2. The van der Waals surface area contributed by atoms with E-state index in [9.17, 15) is 14.7 Å². The minimum Gasteiger partial charge on any atom is -0.480 e. The van der Waals surface area contributed by atoms with Crippen molar-refractivity contribution in [2.24, 2.45) is 5.41 Å². The molecule has 0 radical (unpaired) electrons. The van der Waals surface area contributed by atoms with Crippen LogP contribution in [0.5, 0.6) is 0 Å². The van der Waals surface area contributed by atoms with Crippen LogP contribution in [0.2, 0.25) is 0 Å². The normalized spacial score (nSPS) is 16.4. The summed E-state index contributed by atoms with van der Waals surface area (Å²) in [5, 5.41) is 13.8. The summed E-state index contributed by atoms with van der Waals surface area (Å²) in [7, 11) is 0. The molecule has 5 heteroatoms. The summed E-state index contributed by atoms with van der Waals surface area (Å²) in [5.41, 5.74) is 1.27. The summed E-state index contributed by atoms with van der Waals surface area (Å²) in [6.45, 7) is 5.44. The van der Waals surface area contributed by atoms with Gasteiger partial charge >= 0.3 is 5.97 Å². The molecule has 1 aromatic rings. The highest BCUT2D eigenvalue weighted by Crippen LogP contribution is 2.30. The summed E-state index contributed by atoms with van der Waals surface area (Å²) in [6.07, 6.45) is 4.24. The first-order valence-electron chi connectivity index (χ1n) is 6.93. The van der Waals surface area contributed by atoms with Crippen molar-refractivity contribution in [2.45, 2.75) is 52.5 Å². The number of carboxylic acids is 1. The van der Waals surface area contributed by atoms with Crippen molar-refractivity contribution in [3.8, 4) is 0 Å². The van der Waals surface area contributed by atoms with Crippen LogP contribution < -0.4 is 5.32 Å². The molecule has 0 aliphatic heterocycles. The lowest BCUT2D eigenvalue weighted by Gasteiger charge is -2.28. The van der Waals surface area contributed by atoms with E-state index >= 15 is 0 Å². The van der Waals surface area contributed by atoms with Crippen molar-refractivity contribution < 1.29 is 14.7 Å². The molecule has 0 spiro atoms. The van der Waals surface area contributed by atoms with E-state index < -0.39 is 17.4 Å². The molecule has 0 bridgehead atoms. The van der Waals surface area contributed by atoms with Gasteiger partial charge in [0.15, 0.2) is 0 Å². The molecular weight excluding hydrogens is 274 g/mol. The SMILES string of the molecule is CC(C)(C)C(NC(=O)c1csc2c1CCCC2)C(=O)O. The van der Waals surface area contributed by atoms with E-state index in [0.29, 0.717) is 5.56 Å². The number of aliphatic carboxylic acids is 1. The van der Waals surface area contributed by atoms with E-state index in [2.05, 4.69) is 5.32 Å². The molecule has 1 atom stereocenters. The Balaban J connectivity index is 2.19. The third-order valence-corrected chi connectivity index (χ3v) is 4.78. The molecule has 1 heterocycles. The van der Waals surface area contributed by atoms with Crippen molar-refractivity contribution in [3.05, 3.63) is 21.4 Å². The Kier molecular flexibility index (Phi) is 4.18. The minimum atomic E-state index is -0.991. The van der Waals surface area contributed by atoms with E-state index in [1.807, 2.05) is 26.2 Å². The molecule has 1 aliphatic rings. The van der Waals surface area contributed by atoms with Crippen molar-refractivity contribution in [1.82, 2.24) is 5.32 Å². The van der Waals surface area contributed by atoms with E-state index in [-0.39, 0.29) is 5.91 Å². The lowest BCUT2D eigenvalue weighted by molar-refractivity contribution is -0.142. The molecule has 20 heavy (non-hydrogen) atoms. The number of aryl methyl sites for hydroxylation is 1. The van der Waals surface area contributed by atoms with Crippen LogP contribution in [-0.2, 0) is 17.6 Å². The number of rotatable bonds is 3. The third-order valence-electron chi connectivity index (χ3n) is 3.69. The molecule has 110 valence electrons. The quantitative estimate of drug-likeness (QED) is 0.901. The summed E-state index contributed by atoms with van der Waals surface area (Å²) >= 11 is 1.62. The first kappa shape index (κ1) is 15.0. The summed E-state index contributed by atoms with van der Waals surface area (Å²) in [5.74, 6) is -1.25. The lowest BCUT2D eigenvalue weighted by Crippen LogP contribution is -2.49. The van der Waals surface area contributed by atoms with Crippen LogP contribution in [0, 0.1) is 5.41 Å². The Hall–Kier alpha value is -1.36. The average molecular weight is 295 g/mol. The standard InChI is InChI=1S/C15H21NO3S/c1-15(2,3)12(14(18)19)16-13(17)10-8-20-11-7-5-4-6-9(10)11/h8,12H,4-7H2,1-3H3,(H,16,17)(H,18,19). The number of carboxylic acid groups (broad SMARTS) is 1. The molecule has 1 amide bonds. The van der Waals surface area contributed by atoms with Gasteiger partial charge in [-0.05, 0) is 36.7 Å². The molecule has 0 saturated carbocycles.